The topological polar surface area (TPSA) is 133 Å². The first kappa shape index (κ1) is 30.7. The van der Waals surface area contributed by atoms with Crippen LogP contribution in [0, 0.1) is 5.82 Å². The Balaban J connectivity index is 1.36. The number of thiazole rings is 1. The van der Waals surface area contributed by atoms with Crippen molar-refractivity contribution >= 4 is 50.3 Å². The Hall–Kier alpha value is -3.31. The molecular formula is C27H27ClF3N7O4S2. The monoisotopic (exact) mass is 669 g/mol. The second-order valence-electron chi connectivity index (χ2n) is 10.7. The molecular weight excluding hydrogens is 643 g/mol. The third kappa shape index (κ3) is 6.13. The molecule has 0 radical (unpaired) electrons. The zero-order valence-corrected chi connectivity index (χ0v) is 25.4. The molecule has 17 heteroatoms. The number of aliphatic carboxylic acids is 1. The molecule has 0 bridgehead atoms. The van der Waals surface area contributed by atoms with Gasteiger partial charge in [-0.15, -0.1) is 11.3 Å². The molecule has 0 saturated carbocycles. The number of nitrogens with one attached hydrogen (secondary N) is 1. The van der Waals surface area contributed by atoms with Crippen LogP contribution < -0.4 is 4.72 Å². The van der Waals surface area contributed by atoms with Crippen molar-refractivity contribution in [2.45, 2.75) is 43.9 Å². The third-order valence-electron chi connectivity index (χ3n) is 7.87. The van der Waals surface area contributed by atoms with Crippen molar-refractivity contribution in [3.05, 3.63) is 74.8 Å². The molecule has 3 aliphatic rings. The Bertz CT molecular complexity index is 1730. The van der Waals surface area contributed by atoms with Gasteiger partial charge in [0.1, 0.15) is 17.9 Å². The molecule has 2 saturated heterocycles. The maximum atomic E-state index is 14.0. The average molecular weight is 670 g/mol. The summed E-state index contributed by atoms with van der Waals surface area (Å²) in [6.07, 6.45) is 4.05. The zero-order valence-electron chi connectivity index (χ0n) is 23.0. The van der Waals surface area contributed by atoms with E-state index in [0.717, 1.165) is 12.3 Å². The van der Waals surface area contributed by atoms with E-state index in [1.807, 2.05) is 0 Å². The van der Waals surface area contributed by atoms with Gasteiger partial charge in [0, 0.05) is 65.2 Å². The molecule has 3 aliphatic heterocycles. The van der Waals surface area contributed by atoms with Crippen molar-refractivity contribution in [2.24, 2.45) is 4.99 Å². The fraction of sp³-hybridized carbons (Fsp3) is 0.407. The highest BCUT2D eigenvalue weighted by molar-refractivity contribution is 7.89. The van der Waals surface area contributed by atoms with E-state index in [4.69, 9.17) is 16.6 Å². The summed E-state index contributed by atoms with van der Waals surface area (Å²) in [5.74, 6) is -1.39. The number of carboxylic acid groups (broad SMARTS) is 1. The molecule has 2 N–H and O–H groups in total. The van der Waals surface area contributed by atoms with Gasteiger partial charge in [0.15, 0.2) is 10.8 Å². The molecule has 0 aliphatic carbocycles. The standard InChI is InChI=1S/C27H27ClF3N7O4S2/c28-18-12-15(29)3-4-17(18)23-22(19-5-8-38(34-19)27(30)31)21-13-16(14-37(21)24(33-23)25-32-6-10-43-25)35-44(41,42)11-9-36-7-1-2-20(36)26(39)40/h3-6,8,10,12,16,20,23,27,35H,1-2,7,9,11,13-14H2,(H,39,40)/t16-,20?,23-/m0/s1. The molecule has 0 spiro atoms. The van der Waals surface area contributed by atoms with Crippen LogP contribution in [-0.2, 0) is 14.8 Å². The number of amidine groups is 1. The maximum absolute atomic E-state index is 14.0. The van der Waals surface area contributed by atoms with Crippen LogP contribution in [0.4, 0.5) is 13.2 Å². The quantitative estimate of drug-likeness (QED) is 0.331. The van der Waals surface area contributed by atoms with Gasteiger partial charge in [-0.25, -0.2) is 27.2 Å². The number of rotatable bonds is 10. The minimum absolute atomic E-state index is 0.0682. The van der Waals surface area contributed by atoms with Crippen LogP contribution in [-0.4, -0.2) is 87.4 Å². The van der Waals surface area contributed by atoms with Gasteiger partial charge >= 0.3 is 12.5 Å². The molecule has 6 rings (SSSR count). The minimum atomic E-state index is -3.85. The number of halogens is 4. The van der Waals surface area contributed by atoms with Crippen LogP contribution in [0.3, 0.4) is 0 Å². The molecule has 1 aromatic carbocycles. The van der Waals surface area contributed by atoms with Crippen LogP contribution in [0.1, 0.15) is 48.1 Å². The number of benzene rings is 1. The van der Waals surface area contributed by atoms with Gasteiger partial charge in [0.05, 0.1) is 11.4 Å². The number of carbonyl (C=O) groups is 1. The van der Waals surface area contributed by atoms with Crippen molar-refractivity contribution in [1.82, 2.24) is 29.3 Å². The Morgan fingerprint density at radius 1 is 1.27 bits per heavy atom. The first-order chi connectivity index (χ1) is 21.0. The highest BCUT2D eigenvalue weighted by Gasteiger charge is 2.42. The number of carboxylic acids is 1. The normalized spacial score (nSPS) is 22.6. The van der Waals surface area contributed by atoms with Gasteiger partial charge < -0.3 is 10.0 Å². The average Bonchev–Trinajstić information content (AvgIpc) is 3.77. The van der Waals surface area contributed by atoms with Crippen molar-refractivity contribution < 1.29 is 31.5 Å². The van der Waals surface area contributed by atoms with Gasteiger partial charge in [-0.3, -0.25) is 14.7 Å². The number of nitrogens with zero attached hydrogens (tertiary/aromatic N) is 6. The molecule has 0 amide bonds. The molecule has 44 heavy (non-hydrogen) atoms. The lowest BCUT2D eigenvalue weighted by Gasteiger charge is -2.32. The molecule has 11 nitrogen and oxygen atoms in total. The molecule has 2 aromatic heterocycles. The molecule has 3 aromatic rings. The second kappa shape index (κ2) is 12.2. The van der Waals surface area contributed by atoms with Gasteiger partial charge in [0.2, 0.25) is 10.0 Å². The van der Waals surface area contributed by atoms with Crippen LogP contribution >= 0.6 is 22.9 Å². The summed E-state index contributed by atoms with van der Waals surface area (Å²) in [6, 6.07) is 3.04. The van der Waals surface area contributed by atoms with E-state index in [-0.39, 0.29) is 36.0 Å². The highest BCUT2D eigenvalue weighted by Crippen LogP contribution is 2.46. The number of sulfonamides is 1. The lowest BCUT2D eigenvalue weighted by Crippen LogP contribution is -2.44. The minimum Gasteiger partial charge on any atom is -0.480 e. The Kier molecular flexibility index (Phi) is 8.54. The van der Waals surface area contributed by atoms with Crippen LogP contribution in [0.15, 0.2) is 52.7 Å². The lowest BCUT2D eigenvalue weighted by molar-refractivity contribution is -0.142. The fourth-order valence-corrected chi connectivity index (χ4v) is 8.13. The summed E-state index contributed by atoms with van der Waals surface area (Å²) in [4.78, 5) is 24.3. The number of hydrogen-bond donors (Lipinski definition) is 2. The van der Waals surface area contributed by atoms with Gasteiger partial charge in [-0.05, 0) is 37.6 Å². The number of aromatic nitrogens is 3. The highest BCUT2D eigenvalue weighted by atomic mass is 35.5. The Labute approximate surface area is 259 Å². The number of fused-ring (bicyclic) bond motifs is 1. The number of alkyl halides is 2. The van der Waals surface area contributed by atoms with Crippen LogP contribution in [0.5, 0.6) is 0 Å². The van der Waals surface area contributed by atoms with Gasteiger partial charge in [-0.1, -0.05) is 17.7 Å². The smallest absolute Gasteiger partial charge is 0.333 e. The van der Waals surface area contributed by atoms with Crippen molar-refractivity contribution in [2.75, 3.05) is 25.4 Å². The van der Waals surface area contributed by atoms with Crippen LogP contribution in [0.25, 0.3) is 5.57 Å². The van der Waals surface area contributed by atoms with Crippen molar-refractivity contribution in [3.8, 4) is 0 Å². The summed E-state index contributed by atoms with van der Waals surface area (Å²) < 4.78 is 70.8. The van der Waals surface area contributed by atoms with Crippen molar-refractivity contribution in [3.63, 3.8) is 0 Å². The predicted octanol–water partition coefficient (Wildman–Crippen LogP) is 3.98. The zero-order chi connectivity index (χ0) is 31.2. The van der Waals surface area contributed by atoms with E-state index in [1.54, 1.807) is 21.4 Å². The van der Waals surface area contributed by atoms with Crippen LogP contribution in [0.2, 0.25) is 5.02 Å². The van der Waals surface area contributed by atoms with Gasteiger partial charge in [0.25, 0.3) is 0 Å². The SMILES string of the molecule is O=C(O)C1CCCN1CCS(=O)(=O)N[C@H]1CC2=C(c3ccn(C(F)F)n3)[C@H](c3ccc(F)cc3Cl)N=C(c3nccs3)N2C1. The van der Waals surface area contributed by atoms with E-state index in [0.29, 0.717) is 51.7 Å². The maximum Gasteiger partial charge on any atom is 0.333 e. The summed E-state index contributed by atoms with van der Waals surface area (Å²) in [5.41, 5.74) is 1.63. The largest absolute Gasteiger partial charge is 0.480 e. The molecule has 2 fully saturated rings. The number of aliphatic imine (C=N–C) groups is 1. The lowest BCUT2D eigenvalue weighted by atomic mass is 9.92. The van der Waals surface area contributed by atoms with Crippen molar-refractivity contribution in [1.29, 1.82) is 0 Å². The summed E-state index contributed by atoms with van der Waals surface area (Å²) >= 11 is 7.80. The number of likely N-dealkylation sites (tertiary alicyclic amines) is 1. The molecule has 3 atom stereocenters. The Morgan fingerprint density at radius 2 is 2.09 bits per heavy atom. The van der Waals surface area contributed by atoms with E-state index in [2.05, 4.69) is 14.8 Å². The Morgan fingerprint density at radius 3 is 2.77 bits per heavy atom. The molecule has 5 heterocycles. The predicted molar refractivity (Wildman–Crippen MR) is 157 cm³/mol. The van der Waals surface area contributed by atoms with E-state index < -0.39 is 46.5 Å². The van der Waals surface area contributed by atoms with E-state index in [9.17, 15) is 31.5 Å². The van der Waals surface area contributed by atoms with E-state index in [1.165, 1.54) is 29.5 Å². The van der Waals surface area contributed by atoms with E-state index >= 15 is 0 Å². The first-order valence-electron chi connectivity index (χ1n) is 13.7. The van der Waals surface area contributed by atoms with Gasteiger partial charge in [-0.2, -0.15) is 13.9 Å². The summed E-state index contributed by atoms with van der Waals surface area (Å²) in [6.45, 7) is -2.15. The molecule has 234 valence electrons. The first-order valence-corrected chi connectivity index (χ1v) is 16.7. The summed E-state index contributed by atoms with van der Waals surface area (Å²) in [5, 5.41) is 15.9. The number of hydrogen-bond acceptors (Lipinski definition) is 9. The second-order valence-corrected chi connectivity index (χ2v) is 13.8. The summed E-state index contributed by atoms with van der Waals surface area (Å²) in [7, 11) is -3.85. The fourth-order valence-electron chi connectivity index (χ4n) is 5.96. The third-order valence-corrected chi connectivity index (χ3v) is 10.4. The molecule has 1 unspecified atom stereocenters.